The molecule has 87 heavy (non-hydrogen) atoms. The Labute approximate surface area is 530 Å². The SMILES string of the molecule is CCCCCCCCCCCCCCCCC(=O)OC[C@H](COP(=O)(O)OC[C@@H](O)COP(=O)(O)OC[C@@H](COC(=O)CCCCCCCCC)OC(=O)CCCCCCCCC)OC(=O)CCCCCCCCCCCCCCCCCCC(C)C. The molecule has 2 unspecified atom stereocenters. The zero-order valence-electron chi connectivity index (χ0n) is 56.2. The first kappa shape index (κ1) is 85.1. The number of carbonyl (C=O) groups excluding carboxylic acids is 4. The minimum absolute atomic E-state index is 0.104. The zero-order chi connectivity index (χ0) is 64.2. The van der Waals surface area contributed by atoms with E-state index in [0.717, 1.165) is 121 Å². The van der Waals surface area contributed by atoms with Crippen molar-refractivity contribution in [2.24, 2.45) is 5.92 Å². The number of aliphatic hydroxyl groups excluding tert-OH is 1. The summed E-state index contributed by atoms with van der Waals surface area (Å²) in [7, 11) is -9.88. The van der Waals surface area contributed by atoms with Gasteiger partial charge in [0.1, 0.15) is 19.3 Å². The van der Waals surface area contributed by atoms with Crippen LogP contribution >= 0.6 is 15.6 Å². The van der Waals surface area contributed by atoms with Crippen molar-refractivity contribution >= 4 is 39.5 Å². The van der Waals surface area contributed by atoms with Crippen molar-refractivity contribution in [1.82, 2.24) is 0 Å². The summed E-state index contributed by atoms with van der Waals surface area (Å²) < 4.78 is 68.0. The van der Waals surface area contributed by atoms with Crippen molar-refractivity contribution in [3.8, 4) is 0 Å². The Morgan fingerprint density at radius 1 is 0.310 bits per heavy atom. The highest BCUT2D eigenvalue weighted by atomic mass is 31.2. The van der Waals surface area contributed by atoms with Gasteiger partial charge in [0.25, 0.3) is 0 Å². The number of unbranched alkanes of at least 4 members (excludes halogenated alkanes) is 40. The number of hydrogen-bond donors (Lipinski definition) is 3. The van der Waals surface area contributed by atoms with E-state index in [0.29, 0.717) is 25.7 Å². The molecule has 0 spiro atoms. The van der Waals surface area contributed by atoms with Crippen LogP contribution in [0, 0.1) is 5.92 Å². The topological polar surface area (TPSA) is 237 Å². The predicted octanol–water partition coefficient (Wildman–Crippen LogP) is 19.4. The Balaban J connectivity index is 5.14. The molecular formula is C68H132O17P2. The lowest BCUT2D eigenvalue weighted by molar-refractivity contribution is -0.161. The summed E-state index contributed by atoms with van der Waals surface area (Å²) in [6.45, 7) is 7.18. The van der Waals surface area contributed by atoms with Gasteiger partial charge in [-0.3, -0.25) is 37.3 Å². The Hall–Kier alpha value is -1.94. The second-order valence-electron chi connectivity index (χ2n) is 25.0. The quantitative estimate of drug-likeness (QED) is 0.0222. The van der Waals surface area contributed by atoms with Crippen molar-refractivity contribution in [3.05, 3.63) is 0 Å². The van der Waals surface area contributed by atoms with Crippen LogP contribution in [0.4, 0.5) is 0 Å². The number of aliphatic hydroxyl groups is 1. The second-order valence-corrected chi connectivity index (χ2v) is 27.9. The van der Waals surface area contributed by atoms with Crippen LogP contribution < -0.4 is 0 Å². The molecule has 0 saturated carbocycles. The van der Waals surface area contributed by atoms with Crippen LogP contribution in [-0.2, 0) is 65.4 Å². The van der Waals surface area contributed by atoms with E-state index in [4.69, 9.17) is 37.0 Å². The molecule has 5 atom stereocenters. The molecule has 17 nitrogen and oxygen atoms in total. The molecule has 0 fully saturated rings. The molecule has 516 valence electrons. The third-order valence-electron chi connectivity index (χ3n) is 15.8. The first-order valence-electron chi connectivity index (χ1n) is 35.6. The Morgan fingerprint density at radius 2 is 0.529 bits per heavy atom. The van der Waals surface area contributed by atoms with Gasteiger partial charge in [0, 0.05) is 25.7 Å². The summed E-state index contributed by atoms with van der Waals surface area (Å²) in [5.41, 5.74) is 0. The van der Waals surface area contributed by atoms with Crippen molar-refractivity contribution < 1.29 is 80.2 Å². The number of phosphoric acid groups is 2. The third kappa shape index (κ3) is 62.6. The highest BCUT2D eigenvalue weighted by Crippen LogP contribution is 2.45. The van der Waals surface area contributed by atoms with Crippen molar-refractivity contribution in [1.29, 1.82) is 0 Å². The second kappa shape index (κ2) is 61.6. The number of phosphoric ester groups is 2. The van der Waals surface area contributed by atoms with Gasteiger partial charge in [0.2, 0.25) is 0 Å². The number of ether oxygens (including phenoxy) is 4. The number of hydrogen-bond acceptors (Lipinski definition) is 15. The van der Waals surface area contributed by atoms with Crippen molar-refractivity contribution in [2.75, 3.05) is 39.6 Å². The summed E-state index contributed by atoms with van der Waals surface area (Å²) in [6.07, 6.45) is 47.5. The van der Waals surface area contributed by atoms with Gasteiger partial charge >= 0.3 is 39.5 Å². The van der Waals surface area contributed by atoms with Crippen LogP contribution in [0.5, 0.6) is 0 Å². The van der Waals surface area contributed by atoms with E-state index >= 15 is 0 Å². The summed E-state index contributed by atoms with van der Waals surface area (Å²) in [4.78, 5) is 72.1. The molecule has 0 bridgehead atoms. The number of rotatable bonds is 68. The maximum absolute atomic E-state index is 13.0. The molecule has 0 rings (SSSR count). The van der Waals surface area contributed by atoms with E-state index in [9.17, 15) is 43.2 Å². The highest BCUT2D eigenvalue weighted by molar-refractivity contribution is 7.47. The van der Waals surface area contributed by atoms with Gasteiger partial charge in [-0.1, -0.05) is 298 Å². The lowest BCUT2D eigenvalue weighted by atomic mass is 10.0. The van der Waals surface area contributed by atoms with Crippen LogP contribution in [0.3, 0.4) is 0 Å². The van der Waals surface area contributed by atoms with E-state index in [1.165, 1.54) is 148 Å². The van der Waals surface area contributed by atoms with E-state index in [-0.39, 0.29) is 25.7 Å². The highest BCUT2D eigenvalue weighted by Gasteiger charge is 2.30. The van der Waals surface area contributed by atoms with Gasteiger partial charge in [0.05, 0.1) is 26.4 Å². The third-order valence-corrected chi connectivity index (χ3v) is 17.7. The Kier molecular flexibility index (Phi) is 60.2. The Bertz CT molecular complexity index is 1690. The van der Waals surface area contributed by atoms with E-state index in [2.05, 4.69) is 34.6 Å². The maximum atomic E-state index is 13.0. The van der Waals surface area contributed by atoms with Crippen LogP contribution in [0.15, 0.2) is 0 Å². The molecule has 0 heterocycles. The fourth-order valence-corrected chi connectivity index (χ4v) is 11.9. The molecule has 0 aliphatic rings. The van der Waals surface area contributed by atoms with Gasteiger partial charge in [-0.2, -0.15) is 0 Å². The lowest BCUT2D eigenvalue weighted by Gasteiger charge is -2.21. The average molecular weight is 1280 g/mol. The summed E-state index contributed by atoms with van der Waals surface area (Å²) in [5.74, 6) is -1.32. The minimum Gasteiger partial charge on any atom is -0.462 e. The minimum atomic E-state index is -4.95. The van der Waals surface area contributed by atoms with Gasteiger partial charge < -0.3 is 33.8 Å². The average Bonchev–Trinajstić information content (AvgIpc) is 3.64. The first-order valence-corrected chi connectivity index (χ1v) is 38.6. The van der Waals surface area contributed by atoms with E-state index < -0.39 is 97.5 Å². The fourth-order valence-electron chi connectivity index (χ4n) is 10.3. The first-order chi connectivity index (χ1) is 42.0. The lowest BCUT2D eigenvalue weighted by Crippen LogP contribution is -2.30. The molecule has 0 aromatic carbocycles. The molecule has 0 amide bonds. The smallest absolute Gasteiger partial charge is 0.462 e. The zero-order valence-corrected chi connectivity index (χ0v) is 57.9. The van der Waals surface area contributed by atoms with Crippen LogP contribution in [0.2, 0.25) is 0 Å². The van der Waals surface area contributed by atoms with E-state index in [1.807, 2.05) is 0 Å². The molecular weight excluding hydrogens is 1150 g/mol. The monoisotopic (exact) mass is 1280 g/mol. The largest absolute Gasteiger partial charge is 0.472 e. The molecule has 3 N–H and O–H groups in total. The van der Waals surface area contributed by atoms with Gasteiger partial charge in [-0.25, -0.2) is 9.13 Å². The Morgan fingerprint density at radius 3 is 0.782 bits per heavy atom. The number of esters is 4. The fraction of sp³-hybridized carbons (Fsp3) is 0.941. The van der Waals surface area contributed by atoms with Gasteiger partial charge in [-0.05, 0) is 31.6 Å². The maximum Gasteiger partial charge on any atom is 0.472 e. The van der Waals surface area contributed by atoms with Crippen molar-refractivity contribution in [3.63, 3.8) is 0 Å². The van der Waals surface area contributed by atoms with Crippen LogP contribution in [-0.4, -0.2) is 96.7 Å². The molecule has 0 aromatic heterocycles. The van der Waals surface area contributed by atoms with E-state index in [1.54, 1.807) is 0 Å². The molecule has 0 aliphatic carbocycles. The predicted molar refractivity (Wildman–Crippen MR) is 349 cm³/mol. The standard InChI is InChI=1S/C68H132O17P2/c1-6-9-12-15-18-19-20-21-27-30-33-38-42-47-52-66(71)79-58-64(85-68(73)54-49-44-39-34-31-28-25-23-22-24-26-29-32-37-40-45-50-61(4)5)60-83-87(76,77)81-56-62(69)55-80-86(74,75)82-59-63(84-67(72)53-48-43-36-17-14-11-8-3)57-78-65(70)51-46-41-35-16-13-10-7-2/h61-64,69H,6-60H2,1-5H3,(H,74,75)(H,76,77)/t62-,63+,64+/m0/s1. The molecule has 0 saturated heterocycles. The van der Waals surface area contributed by atoms with Gasteiger partial charge in [0.15, 0.2) is 12.2 Å². The van der Waals surface area contributed by atoms with Crippen LogP contribution in [0.1, 0.15) is 349 Å². The molecule has 0 radical (unpaired) electrons. The normalized spacial score (nSPS) is 14.1. The van der Waals surface area contributed by atoms with Gasteiger partial charge in [-0.15, -0.1) is 0 Å². The summed E-state index contributed by atoms with van der Waals surface area (Å²) in [6, 6.07) is 0. The summed E-state index contributed by atoms with van der Waals surface area (Å²) in [5, 5.41) is 10.5. The summed E-state index contributed by atoms with van der Waals surface area (Å²) >= 11 is 0. The van der Waals surface area contributed by atoms with Crippen LogP contribution in [0.25, 0.3) is 0 Å². The molecule has 19 heteroatoms. The molecule has 0 aliphatic heterocycles. The number of carbonyl (C=O) groups is 4. The molecule has 0 aromatic rings. The van der Waals surface area contributed by atoms with Crippen molar-refractivity contribution in [2.45, 2.75) is 368 Å².